The van der Waals surface area contributed by atoms with E-state index in [2.05, 4.69) is 0 Å². The summed E-state index contributed by atoms with van der Waals surface area (Å²) in [5.41, 5.74) is -0.387. The van der Waals surface area contributed by atoms with Gasteiger partial charge < -0.3 is 9.53 Å². The molecule has 0 aliphatic heterocycles. The molecule has 0 saturated heterocycles. The van der Waals surface area contributed by atoms with E-state index in [9.17, 15) is 18.0 Å². The maximum absolute atomic E-state index is 12.4. The molecule has 0 radical (unpaired) electrons. The van der Waals surface area contributed by atoms with Gasteiger partial charge in [0.25, 0.3) is 0 Å². The summed E-state index contributed by atoms with van der Waals surface area (Å²) in [4.78, 5) is 10.3. The number of ether oxygens (including phenoxy) is 1. The van der Waals surface area contributed by atoms with Gasteiger partial charge in [-0.1, -0.05) is 12.1 Å². The van der Waals surface area contributed by atoms with E-state index in [1.54, 1.807) is 0 Å². The molecule has 1 unspecified atom stereocenters. The van der Waals surface area contributed by atoms with E-state index >= 15 is 0 Å². The molecule has 0 amide bonds. The summed E-state index contributed by atoms with van der Waals surface area (Å²) in [6.07, 6.45) is -4.35. The zero-order chi connectivity index (χ0) is 12.2. The van der Waals surface area contributed by atoms with Crippen molar-refractivity contribution in [2.45, 2.75) is 18.7 Å². The van der Waals surface area contributed by atoms with Crippen LogP contribution in [0.15, 0.2) is 24.3 Å². The molecule has 0 spiro atoms. The van der Waals surface area contributed by atoms with Crippen LogP contribution < -0.4 is 0 Å². The number of aldehydes is 1. The largest absolute Gasteiger partial charge is 0.416 e. The van der Waals surface area contributed by atoms with Gasteiger partial charge in [0.05, 0.1) is 11.7 Å². The first kappa shape index (κ1) is 12.7. The SMILES string of the molecule is COC(CC=O)c1cccc(C(F)(F)F)c1. The highest BCUT2D eigenvalue weighted by atomic mass is 19.4. The Hall–Kier alpha value is -1.36. The number of rotatable bonds is 4. The molecule has 1 atom stereocenters. The summed E-state index contributed by atoms with van der Waals surface area (Å²) >= 11 is 0. The lowest BCUT2D eigenvalue weighted by Crippen LogP contribution is -2.08. The molecule has 1 aromatic rings. The average Bonchev–Trinajstić information content (AvgIpc) is 2.25. The molecule has 0 aromatic heterocycles. The Morgan fingerprint density at radius 3 is 2.62 bits per heavy atom. The first-order valence-corrected chi connectivity index (χ1v) is 4.62. The van der Waals surface area contributed by atoms with Gasteiger partial charge in [-0.05, 0) is 17.7 Å². The number of alkyl halides is 3. The van der Waals surface area contributed by atoms with Crippen molar-refractivity contribution in [1.82, 2.24) is 0 Å². The third kappa shape index (κ3) is 3.06. The van der Waals surface area contributed by atoms with Gasteiger partial charge in [0, 0.05) is 13.5 Å². The first-order valence-electron chi connectivity index (χ1n) is 4.62. The second-order valence-electron chi connectivity index (χ2n) is 3.25. The van der Waals surface area contributed by atoms with Gasteiger partial charge in [0.15, 0.2) is 0 Å². The lowest BCUT2D eigenvalue weighted by molar-refractivity contribution is -0.137. The van der Waals surface area contributed by atoms with Crippen LogP contribution in [-0.4, -0.2) is 13.4 Å². The summed E-state index contributed by atoms with van der Waals surface area (Å²) < 4.78 is 42.2. The molecule has 0 aliphatic carbocycles. The molecule has 1 rings (SSSR count). The van der Waals surface area contributed by atoms with Crippen LogP contribution in [0.1, 0.15) is 23.7 Å². The topological polar surface area (TPSA) is 26.3 Å². The minimum atomic E-state index is -4.38. The molecule has 88 valence electrons. The number of hydrogen-bond acceptors (Lipinski definition) is 2. The van der Waals surface area contributed by atoms with E-state index in [4.69, 9.17) is 4.74 Å². The maximum atomic E-state index is 12.4. The van der Waals surface area contributed by atoms with Gasteiger partial charge in [-0.25, -0.2) is 0 Å². The molecular formula is C11H11F3O2. The van der Waals surface area contributed by atoms with E-state index < -0.39 is 17.8 Å². The minimum absolute atomic E-state index is 0.0395. The van der Waals surface area contributed by atoms with Gasteiger partial charge in [0.2, 0.25) is 0 Å². The average molecular weight is 232 g/mol. The van der Waals surface area contributed by atoms with Crippen LogP contribution in [-0.2, 0) is 15.7 Å². The zero-order valence-electron chi connectivity index (χ0n) is 8.62. The Kier molecular flexibility index (Phi) is 4.06. The van der Waals surface area contributed by atoms with Crippen LogP contribution >= 0.6 is 0 Å². The third-order valence-electron chi connectivity index (χ3n) is 2.18. The van der Waals surface area contributed by atoms with Crippen molar-refractivity contribution < 1.29 is 22.7 Å². The Balaban J connectivity index is 3.01. The standard InChI is InChI=1S/C11H11F3O2/c1-16-10(5-6-15)8-3-2-4-9(7-8)11(12,13)14/h2-4,6-7,10H,5H2,1H3. The molecule has 5 heteroatoms. The summed E-state index contributed by atoms with van der Waals surface area (Å²) in [6.45, 7) is 0. The minimum Gasteiger partial charge on any atom is -0.376 e. The van der Waals surface area contributed by atoms with Gasteiger partial charge in [0.1, 0.15) is 6.29 Å². The van der Waals surface area contributed by atoms with Gasteiger partial charge in [-0.2, -0.15) is 13.2 Å². The first-order chi connectivity index (χ1) is 7.49. The van der Waals surface area contributed by atoms with Gasteiger partial charge in [-0.3, -0.25) is 0 Å². The van der Waals surface area contributed by atoms with Crippen molar-refractivity contribution >= 4 is 6.29 Å². The Morgan fingerprint density at radius 2 is 2.12 bits per heavy atom. The molecule has 0 saturated carbocycles. The van der Waals surface area contributed by atoms with Crippen LogP contribution in [0, 0.1) is 0 Å². The van der Waals surface area contributed by atoms with Crippen molar-refractivity contribution in [3.8, 4) is 0 Å². The quantitative estimate of drug-likeness (QED) is 0.746. The fraction of sp³-hybridized carbons (Fsp3) is 0.364. The normalized spacial score (nSPS) is 13.5. The lowest BCUT2D eigenvalue weighted by atomic mass is 10.0. The fourth-order valence-electron chi connectivity index (χ4n) is 1.37. The van der Waals surface area contributed by atoms with Crippen LogP contribution in [0.4, 0.5) is 13.2 Å². The number of hydrogen-bond donors (Lipinski definition) is 0. The zero-order valence-corrected chi connectivity index (χ0v) is 8.62. The smallest absolute Gasteiger partial charge is 0.376 e. The van der Waals surface area contributed by atoms with E-state index in [0.717, 1.165) is 12.1 Å². The Bertz CT molecular complexity index is 360. The molecule has 0 aliphatic rings. The highest BCUT2D eigenvalue weighted by Gasteiger charge is 2.30. The van der Waals surface area contributed by atoms with E-state index in [0.29, 0.717) is 11.8 Å². The fourth-order valence-corrected chi connectivity index (χ4v) is 1.37. The summed E-state index contributed by atoms with van der Waals surface area (Å²) in [5, 5.41) is 0. The number of halogens is 3. The molecule has 2 nitrogen and oxygen atoms in total. The third-order valence-corrected chi connectivity index (χ3v) is 2.18. The molecule has 0 heterocycles. The highest BCUT2D eigenvalue weighted by molar-refractivity contribution is 5.51. The summed E-state index contributed by atoms with van der Waals surface area (Å²) in [6, 6.07) is 4.79. The monoisotopic (exact) mass is 232 g/mol. The van der Waals surface area contributed by atoms with Crippen LogP contribution in [0.2, 0.25) is 0 Å². The second kappa shape index (κ2) is 5.12. The summed E-state index contributed by atoms with van der Waals surface area (Å²) in [5.74, 6) is 0. The predicted octanol–water partition coefficient (Wildman–Crippen LogP) is 2.98. The highest BCUT2D eigenvalue weighted by Crippen LogP contribution is 2.31. The molecular weight excluding hydrogens is 221 g/mol. The van der Waals surface area contributed by atoms with Crippen LogP contribution in [0.5, 0.6) is 0 Å². The Morgan fingerprint density at radius 1 is 1.44 bits per heavy atom. The van der Waals surface area contributed by atoms with Crippen molar-refractivity contribution in [1.29, 1.82) is 0 Å². The van der Waals surface area contributed by atoms with Crippen molar-refractivity contribution in [2.75, 3.05) is 7.11 Å². The molecule has 0 N–H and O–H groups in total. The predicted molar refractivity (Wildman–Crippen MR) is 51.9 cm³/mol. The summed E-state index contributed by atoms with van der Waals surface area (Å²) in [7, 11) is 1.36. The van der Waals surface area contributed by atoms with E-state index in [1.807, 2.05) is 0 Å². The van der Waals surface area contributed by atoms with Crippen molar-refractivity contribution in [3.05, 3.63) is 35.4 Å². The molecule has 16 heavy (non-hydrogen) atoms. The maximum Gasteiger partial charge on any atom is 0.416 e. The second-order valence-corrected chi connectivity index (χ2v) is 3.25. The van der Waals surface area contributed by atoms with E-state index in [-0.39, 0.29) is 6.42 Å². The Labute approximate surface area is 91.0 Å². The van der Waals surface area contributed by atoms with Crippen molar-refractivity contribution in [3.63, 3.8) is 0 Å². The van der Waals surface area contributed by atoms with Crippen LogP contribution in [0.3, 0.4) is 0 Å². The number of carbonyl (C=O) groups excluding carboxylic acids is 1. The molecule has 0 fully saturated rings. The number of carbonyl (C=O) groups is 1. The number of benzene rings is 1. The van der Waals surface area contributed by atoms with Crippen molar-refractivity contribution in [2.24, 2.45) is 0 Å². The number of methoxy groups -OCH3 is 1. The molecule has 1 aromatic carbocycles. The van der Waals surface area contributed by atoms with Gasteiger partial charge >= 0.3 is 6.18 Å². The van der Waals surface area contributed by atoms with Gasteiger partial charge in [-0.15, -0.1) is 0 Å². The lowest BCUT2D eigenvalue weighted by Gasteiger charge is -2.14. The molecule has 0 bridgehead atoms. The van der Waals surface area contributed by atoms with Crippen LogP contribution in [0.25, 0.3) is 0 Å². The van der Waals surface area contributed by atoms with E-state index in [1.165, 1.54) is 19.2 Å².